The first-order chi connectivity index (χ1) is 8.91. The summed E-state index contributed by atoms with van der Waals surface area (Å²) >= 11 is 0. The number of hydrogen-bond acceptors (Lipinski definition) is 4. The molecule has 5 heteroatoms. The van der Waals surface area contributed by atoms with E-state index in [2.05, 4.69) is 0 Å². The number of nitrogen functional groups attached to an aromatic ring is 3. The van der Waals surface area contributed by atoms with Crippen LogP contribution in [0.5, 0.6) is 0 Å². The van der Waals surface area contributed by atoms with Crippen LogP contribution in [0.4, 0.5) is 17.1 Å². The van der Waals surface area contributed by atoms with Crippen molar-refractivity contribution in [3.05, 3.63) is 53.6 Å². The molecule has 2 rings (SSSR count). The van der Waals surface area contributed by atoms with E-state index < -0.39 is 5.97 Å². The van der Waals surface area contributed by atoms with E-state index in [4.69, 9.17) is 22.3 Å². The van der Waals surface area contributed by atoms with Gasteiger partial charge in [-0.3, -0.25) is 0 Å². The zero-order valence-corrected chi connectivity index (χ0v) is 10.6. The lowest BCUT2D eigenvalue weighted by Gasteiger charge is -1.98. The first kappa shape index (κ1) is 14.4. The van der Waals surface area contributed by atoms with Gasteiger partial charge in [0, 0.05) is 17.1 Å². The molecule has 0 aliphatic rings. The number of para-hydroxylation sites is 1. The number of hydrogen-bond donors (Lipinski definition) is 4. The van der Waals surface area contributed by atoms with Gasteiger partial charge in [-0.15, -0.1) is 0 Å². The van der Waals surface area contributed by atoms with Crippen molar-refractivity contribution in [2.75, 3.05) is 17.2 Å². The summed E-state index contributed by atoms with van der Waals surface area (Å²) in [6, 6.07) is 11.8. The molecule has 0 saturated heterocycles. The molecule has 0 atom stereocenters. The van der Waals surface area contributed by atoms with Crippen LogP contribution in [0.15, 0.2) is 42.5 Å². The van der Waals surface area contributed by atoms with Crippen LogP contribution < -0.4 is 17.2 Å². The minimum Gasteiger partial charge on any atom is -0.478 e. The van der Waals surface area contributed by atoms with Crippen molar-refractivity contribution < 1.29 is 9.90 Å². The molecule has 2 aromatic carbocycles. The number of carboxylic acids is 1. The van der Waals surface area contributed by atoms with Crippen LogP contribution in [0.2, 0.25) is 0 Å². The molecular formula is C14H17N3O2. The molecule has 0 unspecified atom stereocenters. The zero-order valence-electron chi connectivity index (χ0n) is 10.6. The zero-order chi connectivity index (χ0) is 14.4. The first-order valence-electron chi connectivity index (χ1n) is 5.61. The van der Waals surface area contributed by atoms with Gasteiger partial charge < -0.3 is 22.3 Å². The number of aromatic carboxylic acids is 1. The maximum atomic E-state index is 10.3. The van der Waals surface area contributed by atoms with E-state index in [1.54, 1.807) is 24.3 Å². The fourth-order valence-corrected chi connectivity index (χ4v) is 1.39. The summed E-state index contributed by atoms with van der Waals surface area (Å²) in [7, 11) is 0. The topological polar surface area (TPSA) is 115 Å². The number of nitrogens with two attached hydrogens (primary N) is 3. The Morgan fingerprint density at radius 2 is 1.63 bits per heavy atom. The lowest BCUT2D eigenvalue weighted by molar-refractivity contribution is 0.0698. The van der Waals surface area contributed by atoms with E-state index in [9.17, 15) is 4.79 Å². The quantitative estimate of drug-likeness (QED) is 0.585. The molecule has 0 aromatic heterocycles. The van der Waals surface area contributed by atoms with Crippen LogP contribution in [0, 0.1) is 6.92 Å². The van der Waals surface area contributed by atoms with Gasteiger partial charge in [-0.25, -0.2) is 4.79 Å². The van der Waals surface area contributed by atoms with E-state index in [0.717, 1.165) is 16.9 Å². The van der Waals surface area contributed by atoms with Gasteiger partial charge in [0.1, 0.15) is 0 Å². The summed E-state index contributed by atoms with van der Waals surface area (Å²) < 4.78 is 0. The van der Waals surface area contributed by atoms with E-state index in [1.165, 1.54) is 6.07 Å². The first-order valence-corrected chi connectivity index (χ1v) is 5.61. The SMILES string of the molecule is Cc1cc(N)ccc1N.Nc1ccccc1C(=O)O. The van der Waals surface area contributed by atoms with Gasteiger partial charge in [-0.05, 0) is 42.8 Å². The van der Waals surface area contributed by atoms with E-state index >= 15 is 0 Å². The van der Waals surface area contributed by atoms with Crippen LogP contribution in [-0.2, 0) is 0 Å². The number of carboxylic acid groups (broad SMARTS) is 1. The number of aryl methyl sites for hydroxylation is 1. The Kier molecular flexibility index (Phi) is 4.76. The van der Waals surface area contributed by atoms with Crippen molar-refractivity contribution >= 4 is 23.0 Å². The maximum Gasteiger partial charge on any atom is 0.337 e. The molecule has 0 heterocycles. The highest BCUT2D eigenvalue weighted by Crippen LogP contribution is 2.13. The Balaban J connectivity index is 0.000000191. The molecule has 5 nitrogen and oxygen atoms in total. The number of benzene rings is 2. The predicted molar refractivity (Wildman–Crippen MR) is 77.8 cm³/mol. The van der Waals surface area contributed by atoms with Crippen LogP contribution in [-0.4, -0.2) is 11.1 Å². The highest BCUT2D eigenvalue weighted by Gasteiger charge is 2.03. The smallest absolute Gasteiger partial charge is 0.337 e. The molecule has 2 aromatic rings. The average molecular weight is 259 g/mol. The third kappa shape index (κ3) is 4.23. The fraction of sp³-hybridized carbons (Fsp3) is 0.0714. The van der Waals surface area contributed by atoms with Crippen LogP contribution in [0.1, 0.15) is 15.9 Å². The highest BCUT2D eigenvalue weighted by molar-refractivity contribution is 5.93. The molecule has 0 radical (unpaired) electrons. The summed E-state index contributed by atoms with van der Waals surface area (Å²) in [5.74, 6) is -0.988. The van der Waals surface area contributed by atoms with E-state index in [-0.39, 0.29) is 5.56 Å². The molecule has 0 bridgehead atoms. The molecule has 0 spiro atoms. The van der Waals surface area contributed by atoms with Crippen molar-refractivity contribution in [2.24, 2.45) is 0 Å². The van der Waals surface area contributed by atoms with Crippen LogP contribution >= 0.6 is 0 Å². The highest BCUT2D eigenvalue weighted by atomic mass is 16.4. The number of carbonyl (C=O) groups is 1. The molecule has 0 aliphatic carbocycles. The second-order valence-electron chi connectivity index (χ2n) is 4.01. The molecule has 7 N–H and O–H groups in total. The van der Waals surface area contributed by atoms with E-state index in [0.29, 0.717) is 5.69 Å². The molecule has 0 fully saturated rings. The summed E-state index contributed by atoms with van der Waals surface area (Å²) in [5.41, 5.74) is 19.4. The van der Waals surface area contributed by atoms with E-state index in [1.807, 2.05) is 19.1 Å². The van der Waals surface area contributed by atoms with Crippen molar-refractivity contribution in [2.45, 2.75) is 6.92 Å². The number of anilines is 3. The summed E-state index contributed by atoms with van der Waals surface area (Å²) in [6.07, 6.45) is 0. The Bertz CT molecular complexity index is 583. The Morgan fingerprint density at radius 1 is 1.00 bits per heavy atom. The van der Waals surface area contributed by atoms with Crippen molar-refractivity contribution in [1.82, 2.24) is 0 Å². The van der Waals surface area contributed by atoms with Gasteiger partial charge in [-0.2, -0.15) is 0 Å². The summed E-state index contributed by atoms with van der Waals surface area (Å²) in [5, 5.41) is 8.49. The second-order valence-corrected chi connectivity index (χ2v) is 4.01. The molecule has 19 heavy (non-hydrogen) atoms. The van der Waals surface area contributed by atoms with Crippen molar-refractivity contribution in [3.8, 4) is 0 Å². The van der Waals surface area contributed by atoms with Gasteiger partial charge >= 0.3 is 5.97 Å². The number of rotatable bonds is 1. The Hall–Kier alpha value is -2.69. The van der Waals surface area contributed by atoms with Crippen molar-refractivity contribution in [3.63, 3.8) is 0 Å². The second kappa shape index (κ2) is 6.30. The Labute approximate surface area is 111 Å². The lowest BCUT2D eigenvalue weighted by atomic mass is 10.2. The third-order valence-corrected chi connectivity index (χ3v) is 2.49. The Morgan fingerprint density at radius 3 is 2.05 bits per heavy atom. The standard InChI is InChI=1S/C7H10N2.C7H7NO2/c1-5-4-6(8)2-3-7(5)9;8-6-4-2-1-3-5(6)7(9)10/h2-4H,8-9H2,1H3;1-4H,8H2,(H,9,10). The van der Waals surface area contributed by atoms with Gasteiger partial charge in [0.15, 0.2) is 0 Å². The fourth-order valence-electron chi connectivity index (χ4n) is 1.39. The van der Waals surface area contributed by atoms with Crippen LogP contribution in [0.25, 0.3) is 0 Å². The van der Waals surface area contributed by atoms with Crippen molar-refractivity contribution in [1.29, 1.82) is 0 Å². The largest absolute Gasteiger partial charge is 0.478 e. The minimum absolute atomic E-state index is 0.155. The summed E-state index contributed by atoms with van der Waals surface area (Å²) in [4.78, 5) is 10.3. The summed E-state index contributed by atoms with van der Waals surface area (Å²) in [6.45, 7) is 1.94. The lowest BCUT2D eigenvalue weighted by Crippen LogP contribution is -2.00. The minimum atomic E-state index is -0.988. The van der Waals surface area contributed by atoms with Gasteiger partial charge in [0.05, 0.1) is 5.56 Å². The third-order valence-electron chi connectivity index (χ3n) is 2.49. The molecule has 0 saturated carbocycles. The molecule has 0 amide bonds. The van der Waals surface area contributed by atoms with Gasteiger partial charge in [0.25, 0.3) is 0 Å². The van der Waals surface area contributed by atoms with Gasteiger partial charge in [-0.1, -0.05) is 12.1 Å². The normalized spacial score (nSPS) is 9.32. The molecule has 0 aliphatic heterocycles. The molecular weight excluding hydrogens is 242 g/mol. The predicted octanol–water partition coefficient (Wildman–Crippen LogP) is 2.13. The monoisotopic (exact) mass is 259 g/mol. The molecule has 100 valence electrons. The average Bonchev–Trinajstić information content (AvgIpc) is 2.35. The van der Waals surface area contributed by atoms with Gasteiger partial charge in [0.2, 0.25) is 0 Å². The van der Waals surface area contributed by atoms with Crippen LogP contribution in [0.3, 0.4) is 0 Å². The maximum absolute atomic E-state index is 10.3.